The minimum atomic E-state index is -0.00317. The molecule has 1 aromatic rings. The monoisotopic (exact) mass is 342 g/mol. The summed E-state index contributed by atoms with van der Waals surface area (Å²) in [5.41, 5.74) is 1.60. The van der Waals surface area contributed by atoms with E-state index >= 15 is 0 Å². The van der Waals surface area contributed by atoms with E-state index in [1.165, 1.54) is 38.5 Å². The molecule has 1 aliphatic carbocycles. The second kappa shape index (κ2) is 8.37. The Labute approximate surface area is 150 Å². The Bertz CT molecular complexity index is 593. The van der Waals surface area contributed by atoms with E-state index in [0.29, 0.717) is 12.0 Å². The van der Waals surface area contributed by atoms with E-state index in [0.717, 1.165) is 24.6 Å². The number of hydrogen-bond donors (Lipinski definition) is 2. The van der Waals surface area contributed by atoms with Gasteiger partial charge in [0.25, 0.3) is 0 Å². The van der Waals surface area contributed by atoms with Gasteiger partial charge in [0.15, 0.2) is 5.96 Å². The Kier molecular flexibility index (Phi) is 5.95. The predicted octanol–water partition coefficient (Wildman–Crippen LogP) is 2.53. The lowest BCUT2D eigenvalue weighted by Crippen LogP contribution is -2.45. The van der Waals surface area contributed by atoms with E-state index in [-0.39, 0.29) is 12.5 Å². The number of likely N-dealkylation sites (tertiary alicyclic amines) is 1. The van der Waals surface area contributed by atoms with Crippen molar-refractivity contribution in [2.45, 2.75) is 45.1 Å². The van der Waals surface area contributed by atoms with Crippen LogP contribution in [0.5, 0.6) is 0 Å². The van der Waals surface area contributed by atoms with Gasteiger partial charge in [0.05, 0.1) is 6.54 Å². The van der Waals surface area contributed by atoms with Crippen LogP contribution in [0.25, 0.3) is 0 Å². The second-order valence-electron chi connectivity index (χ2n) is 7.40. The topological polar surface area (TPSA) is 56.7 Å². The molecule has 0 radical (unpaired) electrons. The standard InChI is InChI=1S/C20H30N4O/c1-21-19(24-13-12-20(16-24)10-6-3-7-11-20)23-15-18(25)22-14-17-8-4-2-5-9-17/h2,4-5,8-9H,3,6-7,10-16H2,1H3,(H,21,23)(H,22,25). The van der Waals surface area contributed by atoms with Gasteiger partial charge < -0.3 is 15.5 Å². The van der Waals surface area contributed by atoms with E-state index in [1.807, 2.05) is 30.3 Å². The first-order valence-corrected chi connectivity index (χ1v) is 9.47. The summed E-state index contributed by atoms with van der Waals surface area (Å²) in [5, 5.41) is 6.18. The minimum absolute atomic E-state index is 0.00317. The highest BCUT2D eigenvalue weighted by Gasteiger charge is 2.39. The lowest BCUT2D eigenvalue weighted by molar-refractivity contribution is -0.120. The number of carbonyl (C=O) groups is 1. The van der Waals surface area contributed by atoms with Gasteiger partial charge in [-0.05, 0) is 30.2 Å². The first-order valence-electron chi connectivity index (χ1n) is 9.47. The summed E-state index contributed by atoms with van der Waals surface area (Å²) in [5.74, 6) is 0.855. The third kappa shape index (κ3) is 4.74. The van der Waals surface area contributed by atoms with Gasteiger partial charge in [0, 0.05) is 26.7 Å². The number of guanidine groups is 1. The van der Waals surface area contributed by atoms with Gasteiger partial charge >= 0.3 is 0 Å². The molecule has 2 aliphatic rings. The Hall–Kier alpha value is -2.04. The molecular formula is C20H30N4O. The van der Waals surface area contributed by atoms with E-state index in [9.17, 15) is 4.79 Å². The van der Waals surface area contributed by atoms with Gasteiger partial charge in [-0.2, -0.15) is 0 Å². The smallest absolute Gasteiger partial charge is 0.239 e. The van der Waals surface area contributed by atoms with Crippen LogP contribution in [0, 0.1) is 5.41 Å². The number of amides is 1. The van der Waals surface area contributed by atoms with Crippen molar-refractivity contribution in [2.24, 2.45) is 10.4 Å². The molecule has 1 aromatic carbocycles. The third-order valence-corrected chi connectivity index (χ3v) is 5.60. The molecule has 0 unspecified atom stereocenters. The van der Waals surface area contributed by atoms with Crippen molar-refractivity contribution in [3.05, 3.63) is 35.9 Å². The number of aliphatic imine (C=N–C) groups is 1. The molecule has 0 bridgehead atoms. The molecule has 2 fully saturated rings. The summed E-state index contributed by atoms with van der Waals surface area (Å²) in [7, 11) is 1.80. The van der Waals surface area contributed by atoms with Crippen LogP contribution in [0.4, 0.5) is 0 Å². The molecule has 0 aromatic heterocycles. The van der Waals surface area contributed by atoms with Crippen LogP contribution in [0.2, 0.25) is 0 Å². The van der Waals surface area contributed by atoms with Crippen LogP contribution in [-0.2, 0) is 11.3 Å². The van der Waals surface area contributed by atoms with Gasteiger partial charge in [-0.15, -0.1) is 0 Å². The lowest BCUT2D eigenvalue weighted by Gasteiger charge is -2.33. The molecule has 1 aliphatic heterocycles. The van der Waals surface area contributed by atoms with Crippen LogP contribution in [0.1, 0.15) is 44.1 Å². The maximum absolute atomic E-state index is 12.1. The van der Waals surface area contributed by atoms with Crippen LogP contribution >= 0.6 is 0 Å². The predicted molar refractivity (Wildman–Crippen MR) is 101 cm³/mol. The highest BCUT2D eigenvalue weighted by atomic mass is 16.1. The molecule has 136 valence electrons. The molecule has 25 heavy (non-hydrogen) atoms. The molecule has 1 saturated carbocycles. The zero-order chi connectivity index (χ0) is 17.5. The highest BCUT2D eigenvalue weighted by Crippen LogP contribution is 2.43. The molecule has 1 amide bonds. The molecule has 5 nitrogen and oxygen atoms in total. The summed E-state index contributed by atoms with van der Waals surface area (Å²) in [6.07, 6.45) is 8.06. The molecule has 1 heterocycles. The first-order chi connectivity index (χ1) is 12.2. The molecule has 3 rings (SSSR count). The van der Waals surface area contributed by atoms with Crippen molar-refractivity contribution in [3.63, 3.8) is 0 Å². The second-order valence-corrected chi connectivity index (χ2v) is 7.40. The Balaban J connectivity index is 1.44. The summed E-state index contributed by atoms with van der Waals surface area (Å²) in [6.45, 7) is 2.96. The van der Waals surface area contributed by atoms with Gasteiger partial charge in [-0.3, -0.25) is 9.79 Å². The van der Waals surface area contributed by atoms with Gasteiger partial charge in [0.1, 0.15) is 0 Å². The molecular weight excluding hydrogens is 312 g/mol. The SMILES string of the molecule is CN=C(NCC(=O)NCc1ccccc1)N1CCC2(CCCCC2)C1. The number of nitrogens with zero attached hydrogens (tertiary/aromatic N) is 2. The number of nitrogens with one attached hydrogen (secondary N) is 2. The van der Waals surface area contributed by atoms with Gasteiger partial charge in [0.2, 0.25) is 5.91 Å². The van der Waals surface area contributed by atoms with Gasteiger partial charge in [-0.25, -0.2) is 0 Å². The Morgan fingerprint density at radius 1 is 1.12 bits per heavy atom. The summed E-state index contributed by atoms with van der Waals surface area (Å²) in [6, 6.07) is 9.97. The zero-order valence-electron chi connectivity index (χ0n) is 15.3. The van der Waals surface area contributed by atoms with Crippen molar-refractivity contribution in [3.8, 4) is 0 Å². The van der Waals surface area contributed by atoms with Crippen molar-refractivity contribution in [1.82, 2.24) is 15.5 Å². The first kappa shape index (κ1) is 17.8. The van der Waals surface area contributed by atoms with Gasteiger partial charge in [-0.1, -0.05) is 49.6 Å². The molecule has 5 heteroatoms. The van der Waals surface area contributed by atoms with E-state index in [1.54, 1.807) is 7.05 Å². The molecule has 1 saturated heterocycles. The molecule has 2 N–H and O–H groups in total. The third-order valence-electron chi connectivity index (χ3n) is 5.60. The van der Waals surface area contributed by atoms with E-state index < -0.39 is 0 Å². The number of benzene rings is 1. The average molecular weight is 342 g/mol. The molecule has 1 spiro atoms. The molecule has 0 atom stereocenters. The highest BCUT2D eigenvalue weighted by molar-refractivity contribution is 5.86. The zero-order valence-corrected chi connectivity index (χ0v) is 15.3. The quantitative estimate of drug-likeness (QED) is 0.653. The Morgan fingerprint density at radius 2 is 1.88 bits per heavy atom. The minimum Gasteiger partial charge on any atom is -0.350 e. The fraction of sp³-hybridized carbons (Fsp3) is 0.600. The summed E-state index contributed by atoms with van der Waals surface area (Å²) >= 11 is 0. The van der Waals surface area contributed by atoms with Crippen LogP contribution < -0.4 is 10.6 Å². The van der Waals surface area contributed by atoms with Crippen LogP contribution in [0.15, 0.2) is 35.3 Å². The van der Waals surface area contributed by atoms with Crippen molar-refractivity contribution in [2.75, 3.05) is 26.7 Å². The van der Waals surface area contributed by atoms with Crippen molar-refractivity contribution < 1.29 is 4.79 Å². The van der Waals surface area contributed by atoms with Crippen LogP contribution in [-0.4, -0.2) is 43.4 Å². The normalized spacial score (nSPS) is 19.9. The maximum Gasteiger partial charge on any atom is 0.239 e. The van der Waals surface area contributed by atoms with E-state index in [4.69, 9.17) is 0 Å². The lowest BCUT2D eigenvalue weighted by atomic mass is 9.73. The Morgan fingerprint density at radius 3 is 2.60 bits per heavy atom. The fourth-order valence-electron chi connectivity index (χ4n) is 4.18. The largest absolute Gasteiger partial charge is 0.350 e. The van der Waals surface area contributed by atoms with Crippen molar-refractivity contribution >= 4 is 11.9 Å². The maximum atomic E-state index is 12.1. The van der Waals surface area contributed by atoms with Crippen molar-refractivity contribution in [1.29, 1.82) is 0 Å². The average Bonchev–Trinajstić information content (AvgIpc) is 3.05. The number of carbonyl (C=O) groups excluding carboxylic acids is 1. The number of rotatable bonds is 4. The van der Waals surface area contributed by atoms with Crippen LogP contribution in [0.3, 0.4) is 0 Å². The summed E-state index contributed by atoms with van der Waals surface area (Å²) in [4.78, 5) is 18.8. The fourth-order valence-corrected chi connectivity index (χ4v) is 4.18. The van der Waals surface area contributed by atoms with E-state index in [2.05, 4.69) is 20.5 Å². The summed E-state index contributed by atoms with van der Waals surface area (Å²) < 4.78 is 0. The number of hydrogen-bond acceptors (Lipinski definition) is 2.